The number of thiophene rings is 1. The van der Waals surface area contributed by atoms with E-state index in [0.717, 1.165) is 68.2 Å². The quantitative estimate of drug-likeness (QED) is 0.856. The van der Waals surface area contributed by atoms with E-state index in [1.165, 1.54) is 23.3 Å². The Bertz CT molecular complexity index is 801. The molecule has 2 aromatic heterocycles. The molecule has 130 valence electrons. The highest BCUT2D eigenvalue weighted by Crippen LogP contribution is 2.34. The van der Waals surface area contributed by atoms with Crippen molar-refractivity contribution in [3.8, 4) is 0 Å². The lowest BCUT2D eigenvalue weighted by atomic mass is 9.97. The highest BCUT2D eigenvalue weighted by atomic mass is 32.1. The summed E-state index contributed by atoms with van der Waals surface area (Å²) in [5, 5.41) is 0.918. The summed E-state index contributed by atoms with van der Waals surface area (Å²) in [4.78, 5) is 25.3. The first-order chi connectivity index (χ1) is 11.7. The van der Waals surface area contributed by atoms with Gasteiger partial charge in [0.15, 0.2) is 0 Å². The molecule has 0 bridgehead atoms. The summed E-state index contributed by atoms with van der Waals surface area (Å²) >= 11 is 1.76. The predicted molar refractivity (Wildman–Crippen MR) is 101 cm³/mol. The van der Waals surface area contributed by atoms with E-state index in [-0.39, 0.29) is 5.56 Å². The number of nitrogens with zero attached hydrogens (tertiary/aromatic N) is 4. The monoisotopic (exact) mass is 346 g/mol. The van der Waals surface area contributed by atoms with Crippen LogP contribution in [-0.4, -0.2) is 47.7 Å². The van der Waals surface area contributed by atoms with E-state index >= 15 is 0 Å². The lowest BCUT2D eigenvalue weighted by Crippen LogP contribution is -2.46. The standard InChI is InChI=1S/C18H26N4OS/c1-3-8-22-17(23)15-13-6-4-5-7-14(13)24-16(15)19-18(22)21-11-9-20(2)10-12-21/h3-12H2,1-2H3. The molecule has 4 rings (SSSR count). The number of piperazine rings is 1. The van der Waals surface area contributed by atoms with Gasteiger partial charge in [-0.2, -0.15) is 0 Å². The van der Waals surface area contributed by atoms with Crippen molar-refractivity contribution in [3.63, 3.8) is 0 Å². The normalized spacial score (nSPS) is 19.0. The van der Waals surface area contributed by atoms with Gasteiger partial charge in [0.2, 0.25) is 5.95 Å². The van der Waals surface area contributed by atoms with Crippen LogP contribution in [0.2, 0.25) is 0 Å². The fourth-order valence-electron chi connectivity index (χ4n) is 3.90. The molecule has 0 atom stereocenters. The van der Waals surface area contributed by atoms with Gasteiger partial charge in [-0.15, -0.1) is 11.3 Å². The lowest BCUT2D eigenvalue weighted by Gasteiger charge is -2.34. The summed E-state index contributed by atoms with van der Waals surface area (Å²) in [6.45, 7) is 6.84. The maximum Gasteiger partial charge on any atom is 0.263 e. The van der Waals surface area contributed by atoms with Crippen molar-refractivity contribution >= 4 is 27.5 Å². The average Bonchev–Trinajstić information content (AvgIpc) is 2.97. The first-order valence-electron chi connectivity index (χ1n) is 9.17. The topological polar surface area (TPSA) is 41.4 Å². The van der Waals surface area contributed by atoms with Crippen LogP contribution in [0.5, 0.6) is 0 Å². The minimum absolute atomic E-state index is 0.190. The second-order valence-electron chi connectivity index (χ2n) is 7.05. The maximum absolute atomic E-state index is 13.3. The van der Waals surface area contributed by atoms with Gasteiger partial charge in [0, 0.05) is 37.6 Å². The van der Waals surface area contributed by atoms with Crippen LogP contribution in [0.1, 0.15) is 36.6 Å². The first-order valence-corrected chi connectivity index (χ1v) is 9.99. The van der Waals surface area contributed by atoms with Crippen LogP contribution in [0.4, 0.5) is 5.95 Å². The molecule has 0 radical (unpaired) electrons. The van der Waals surface area contributed by atoms with E-state index in [0.29, 0.717) is 0 Å². The van der Waals surface area contributed by atoms with Crippen molar-refractivity contribution in [2.45, 2.75) is 45.6 Å². The zero-order chi connectivity index (χ0) is 16.7. The molecule has 5 nitrogen and oxygen atoms in total. The van der Waals surface area contributed by atoms with Crippen molar-refractivity contribution in [1.29, 1.82) is 0 Å². The van der Waals surface area contributed by atoms with Gasteiger partial charge in [0.05, 0.1) is 5.39 Å². The van der Waals surface area contributed by atoms with Gasteiger partial charge < -0.3 is 9.80 Å². The highest BCUT2D eigenvalue weighted by molar-refractivity contribution is 7.18. The average molecular weight is 347 g/mol. The Morgan fingerprint density at radius 3 is 2.62 bits per heavy atom. The molecule has 2 aromatic rings. The minimum Gasteiger partial charge on any atom is -0.340 e. The van der Waals surface area contributed by atoms with Crippen LogP contribution in [0, 0.1) is 0 Å². The van der Waals surface area contributed by atoms with Gasteiger partial charge in [-0.3, -0.25) is 9.36 Å². The third-order valence-corrected chi connectivity index (χ3v) is 6.47. The first kappa shape index (κ1) is 16.1. The fraction of sp³-hybridized carbons (Fsp3) is 0.667. The van der Waals surface area contributed by atoms with E-state index in [2.05, 4.69) is 23.8 Å². The van der Waals surface area contributed by atoms with Gasteiger partial charge in [0.1, 0.15) is 4.83 Å². The van der Waals surface area contributed by atoms with Crippen molar-refractivity contribution in [3.05, 3.63) is 20.8 Å². The molecular weight excluding hydrogens is 320 g/mol. The number of rotatable bonds is 3. The summed E-state index contributed by atoms with van der Waals surface area (Å²) in [6.07, 6.45) is 5.57. The Labute approximate surface area is 146 Å². The second-order valence-corrected chi connectivity index (χ2v) is 8.13. The predicted octanol–water partition coefficient (Wildman–Crippen LogP) is 2.50. The summed E-state index contributed by atoms with van der Waals surface area (Å²) in [7, 11) is 2.15. The molecule has 0 unspecified atom stereocenters. The number of fused-ring (bicyclic) bond motifs is 3. The zero-order valence-electron chi connectivity index (χ0n) is 14.7. The molecule has 1 aliphatic heterocycles. The Balaban J connectivity index is 1.86. The third kappa shape index (κ3) is 2.65. The molecule has 1 aliphatic carbocycles. The molecule has 0 N–H and O–H groups in total. The van der Waals surface area contributed by atoms with Gasteiger partial charge in [0.25, 0.3) is 5.56 Å². The number of aromatic nitrogens is 2. The Morgan fingerprint density at radius 2 is 1.88 bits per heavy atom. The summed E-state index contributed by atoms with van der Waals surface area (Å²) in [6, 6.07) is 0. The van der Waals surface area contributed by atoms with Crippen LogP contribution in [0.3, 0.4) is 0 Å². The van der Waals surface area contributed by atoms with Gasteiger partial charge in [-0.1, -0.05) is 6.92 Å². The molecule has 2 aliphatic rings. The van der Waals surface area contributed by atoms with E-state index in [9.17, 15) is 4.79 Å². The Morgan fingerprint density at radius 1 is 1.12 bits per heavy atom. The largest absolute Gasteiger partial charge is 0.340 e. The fourth-order valence-corrected chi connectivity index (χ4v) is 5.15. The van der Waals surface area contributed by atoms with Crippen LogP contribution < -0.4 is 10.5 Å². The number of hydrogen-bond donors (Lipinski definition) is 0. The van der Waals surface area contributed by atoms with E-state index in [1.807, 2.05) is 4.57 Å². The smallest absolute Gasteiger partial charge is 0.263 e. The summed E-state index contributed by atoms with van der Waals surface area (Å²) in [5.41, 5.74) is 1.49. The maximum atomic E-state index is 13.3. The van der Waals surface area contributed by atoms with Crippen LogP contribution in [-0.2, 0) is 19.4 Å². The van der Waals surface area contributed by atoms with Gasteiger partial charge in [-0.25, -0.2) is 4.98 Å². The van der Waals surface area contributed by atoms with E-state index < -0.39 is 0 Å². The molecule has 1 fully saturated rings. The van der Waals surface area contributed by atoms with Crippen molar-refractivity contribution < 1.29 is 0 Å². The summed E-state index contributed by atoms with van der Waals surface area (Å²) < 4.78 is 1.94. The van der Waals surface area contributed by atoms with Gasteiger partial charge >= 0.3 is 0 Å². The summed E-state index contributed by atoms with van der Waals surface area (Å²) in [5.74, 6) is 0.890. The number of likely N-dealkylation sites (N-methyl/N-ethyl adjacent to an activating group) is 1. The Hall–Kier alpha value is -1.40. The van der Waals surface area contributed by atoms with E-state index in [1.54, 1.807) is 11.3 Å². The number of anilines is 1. The molecular formula is C18H26N4OS. The van der Waals surface area contributed by atoms with E-state index in [4.69, 9.17) is 4.98 Å². The van der Waals surface area contributed by atoms with Crippen molar-refractivity contribution in [1.82, 2.24) is 14.5 Å². The molecule has 0 aromatic carbocycles. The molecule has 0 saturated carbocycles. The van der Waals surface area contributed by atoms with Crippen molar-refractivity contribution in [2.24, 2.45) is 0 Å². The highest BCUT2D eigenvalue weighted by Gasteiger charge is 2.25. The molecule has 1 saturated heterocycles. The lowest BCUT2D eigenvalue weighted by molar-refractivity contribution is 0.309. The third-order valence-electron chi connectivity index (χ3n) is 5.29. The number of aryl methyl sites for hydroxylation is 2. The van der Waals surface area contributed by atoms with Crippen molar-refractivity contribution in [2.75, 3.05) is 38.1 Å². The van der Waals surface area contributed by atoms with Crippen LogP contribution in [0.25, 0.3) is 10.2 Å². The molecule has 0 spiro atoms. The number of hydrogen-bond acceptors (Lipinski definition) is 5. The Kier molecular flexibility index (Phi) is 4.35. The molecule has 3 heterocycles. The zero-order valence-corrected chi connectivity index (χ0v) is 15.5. The second kappa shape index (κ2) is 6.48. The minimum atomic E-state index is 0.190. The molecule has 24 heavy (non-hydrogen) atoms. The van der Waals surface area contributed by atoms with Gasteiger partial charge in [-0.05, 0) is 44.7 Å². The SMILES string of the molecule is CCCn1c(N2CCN(C)CC2)nc2sc3c(c2c1=O)CCCC3. The van der Waals surface area contributed by atoms with Crippen LogP contribution >= 0.6 is 11.3 Å². The van der Waals surface area contributed by atoms with Crippen LogP contribution in [0.15, 0.2) is 4.79 Å². The molecule has 6 heteroatoms. The molecule has 0 amide bonds.